The molecule has 2 aromatic carbocycles. The summed E-state index contributed by atoms with van der Waals surface area (Å²) in [4.78, 5) is 0. The Morgan fingerprint density at radius 2 is 0.545 bits per heavy atom. The van der Waals surface area contributed by atoms with E-state index in [2.05, 4.69) is 0 Å². The predicted molar refractivity (Wildman–Crippen MR) is 135 cm³/mol. The maximum absolute atomic E-state index is 10.2. The number of rotatable bonds is 1. The standard InChI is InChI=1S/C12H4I6O4/c13-3-1(4(14)10(20)7(17)9(3)19)2-5(15)11(21)8(18)12(22)6(2)16/h19-22H. The van der Waals surface area contributed by atoms with Gasteiger partial charge < -0.3 is 20.4 Å². The summed E-state index contributed by atoms with van der Waals surface area (Å²) in [5.74, 6) is -0.0621. The topological polar surface area (TPSA) is 80.9 Å². The van der Waals surface area contributed by atoms with Gasteiger partial charge in [-0.3, -0.25) is 0 Å². The Bertz CT molecular complexity index is 680. The zero-order valence-electron chi connectivity index (χ0n) is 10.1. The number of phenols is 4. The summed E-state index contributed by atoms with van der Waals surface area (Å²) in [6.45, 7) is 0. The molecule has 22 heavy (non-hydrogen) atoms. The zero-order valence-corrected chi connectivity index (χ0v) is 23.0. The molecular formula is C12H4I6O4. The number of benzene rings is 2. The van der Waals surface area contributed by atoms with E-state index in [1.54, 1.807) is 0 Å². The molecule has 0 aliphatic heterocycles. The van der Waals surface area contributed by atoms with Crippen molar-refractivity contribution in [2.75, 3.05) is 0 Å². The molecule has 0 fully saturated rings. The van der Waals surface area contributed by atoms with Crippen molar-refractivity contribution in [2.24, 2.45) is 0 Å². The van der Waals surface area contributed by atoms with Crippen LogP contribution in [0.2, 0.25) is 0 Å². The maximum atomic E-state index is 10.2. The van der Waals surface area contributed by atoms with Crippen LogP contribution in [0.5, 0.6) is 23.0 Å². The lowest BCUT2D eigenvalue weighted by Gasteiger charge is -2.18. The second kappa shape index (κ2) is 7.72. The van der Waals surface area contributed by atoms with Gasteiger partial charge in [-0.15, -0.1) is 0 Å². The molecule has 2 aromatic rings. The van der Waals surface area contributed by atoms with Gasteiger partial charge in [-0.25, -0.2) is 0 Å². The number of hydrogen-bond donors (Lipinski definition) is 4. The van der Waals surface area contributed by atoms with Crippen LogP contribution in [0.25, 0.3) is 11.1 Å². The van der Waals surface area contributed by atoms with Crippen LogP contribution in [-0.2, 0) is 0 Å². The Balaban J connectivity index is 3.03. The first-order valence-electron chi connectivity index (χ1n) is 5.28. The molecule has 0 saturated carbocycles. The van der Waals surface area contributed by atoms with Gasteiger partial charge in [-0.1, -0.05) is 0 Å². The molecule has 4 N–H and O–H groups in total. The molecule has 0 radical (unpaired) electrons. The highest BCUT2D eigenvalue weighted by Gasteiger charge is 2.27. The van der Waals surface area contributed by atoms with E-state index in [9.17, 15) is 20.4 Å². The predicted octanol–water partition coefficient (Wildman–Crippen LogP) is 5.80. The summed E-state index contributed by atoms with van der Waals surface area (Å²) in [6, 6.07) is 0. The van der Waals surface area contributed by atoms with Gasteiger partial charge in [-0.05, 0) is 136 Å². The molecule has 0 saturated heterocycles. The number of aromatic hydroxyl groups is 4. The van der Waals surface area contributed by atoms with E-state index in [0.29, 0.717) is 32.5 Å². The van der Waals surface area contributed by atoms with Crippen LogP contribution in [0, 0.1) is 21.4 Å². The van der Waals surface area contributed by atoms with E-state index in [1.165, 1.54) is 0 Å². The smallest absolute Gasteiger partial charge is 0.146 e. The van der Waals surface area contributed by atoms with Gasteiger partial charge in [0.05, 0.1) is 21.4 Å². The molecule has 0 bridgehead atoms. The minimum Gasteiger partial charge on any atom is -0.506 e. The molecule has 10 heteroatoms. The molecule has 0 aliphatic carbocycles. The summed E-state index contributed by atoms with van der Waals surface area (Å²) >= 11 is 11.8. The summed E-state index contributed by atoms with van der Waals surface area (Å²) in [5, 5.41) is 40.9. The van der Waals surface area contributed by atoms with Crippen molar-refractivity contribution < 1.29 is 20.4 Å². The van der Waals surface area contributed by atoms with Crippen molar-refractivity contribution in [3.63, 3.8) is 0 Å². The van der Waals surface area contributed by atoms with Gasteiger partial charge in [-0.2, -0.15) is 0 Å². The highest BCUT2D eigenvalue weighted by molar-refractivity contribution is 14.1. The SMILES string of the molecule is Oc1c(I)c(O)c(I)c(-c2c(I)c(O)c(I)c(O)c2I)c1I. The van der Waals surface area contributed by atoms with Gasteiger partial charge >= 0.3 is 0 Å². The largest absolute Gasteiger partial charge is 0.506 e. The first kappa shape index (κ1) is 20.3. The molecule has 0 aromatic heterocycles. The Morgan fingerprint density at radius 3 is 0.727 bits per heavy atom. The van der Waals surface area contributed by atoms with Crippen LogP contribution in [0.15, 0.2) is 0 Å². The highest BCUT2D eigenvalue weighted by atomic mass is 127. The first-order chi connectivity index (χ1) is 10.1. The van der Waals surface area contributed by atoms with Crippen LogP contribution in [0.1, 0.15) is 0 Å². The first-order valence-corrected chi connectivity index (χ1v) is 11.8. The third-order valence-electron chi connectivity index (χ3n) is 2.79. The van der Waals surface area contributed by atoms with Crippen LogP contribution in [-0.4, -0.2) is 20.4 Å². The van der Waals surface area contributed by atoms with Crippen molar-refractivity contribution in [3.05, 3.63) is 21.4 Å². The van der Waals surface area contributed by atoms with E-state index < -0.39 is 0 Å². The molecule has 0 atom stereocenters. The lowest BCUT2D eigenvalue weighted by atomic mass is 10.0. The van der Waals surface area contributed by atoms with Crippen LogP contribution in [0.4, 0.5) is 0 Å². The Labute approximate surface area is 207 Å². The number of hydrogen-bond acceptors (Lipinski definition) is 4. The molecule has 2 rings (SSSR count). The second-order valence-corrected chi connectivity index (χ2v) is 10.5. The van der Waals surface area contributed by atoms with Crippen molar-refractivity contribution in [1.82, 2.24) is 0 Å². The summed E-state index contributed by atoms with van der Waals surface area (Å²) in [7, 11) is 0. The third-order valence-corrected chi connectivity index (χ3v) is 9.04. The van der Waals surface area contributed by atoms with Crippen molar-refractivity contribution in [2.45, 2.75) is 0 Å². The number of phenolic OH excluding ortho intramolecular Hbond substituents is 4. The molecular weight excluding hydrogens is 970 g/mol. The van der Waals surface area contributed by atoms with Gasteiger partial charge in [0.1, 0.15) is 23.0 Å². The molecule has 118 valence electrons. The molecule has 0 heterocycles. The van der Waals surface area contributed by atoms with Crippen molar-refractivity contribution in [1.29, 1.82) is 0 Å². The fourth-order valence-electron chi connectivity index (χ4n) is 1.72. The molecule has 0 spiro atoms. The highest BCUT2D eigenvalue weighted by Crippen LogP contribution is 2.50. The lowest BCUT2D eigenvalue weighted by molar-refractivity contribution is 0.436. The van der Waals surface area contributed by atoms with Crippen LogP contribution < -0.4 is 0 Å². The normalized spacial score (nSPS) is 11.0. The van der Waals surface area contributed by atoms with Crippen LogP contribution in [0.3, 0.4) is 0 Å². The minimum absolute atomic E-state index is 0.0155. The molecule has 0 amide bonds. The second-order valence-electron chi connectivity index (χ2n) is 4.03. The Kier molecular flexibility index (Phi) is 7.14. The molecule has 0 aliphatic rings. The third kappa shape index (κ3) is 3.33. The Hall–Kier alpha value is 2.02. The monoisotopic (exact) mass is 973 g/mol. The number of halogens is 6. The van der Waals surface area contributed by atoms with Gasteiger partial charge in [0.15, 0.2) is 0 Å². The lowest BCUT2D eigenvalue weighted by Crippen LogP contribution is -1.99. The zero-order chi connectivity index (χ0) is 16.9. The van der Waals surface area contributed by atoms with Gasteiger partial charge in [0.25, 0.3) is 0 Å². The van der Waals surface area contributed by atoms with E-state index in [4.69, 9.17) is 0 Å². The quantitative estimate of drug-likeness (QED) is 0.273. The van der Waals surface area contributed by atoms with E-state index in [-0.39, 0.29) is 23.0 Å². The van der Waals surface area contributed by atoms with Crippen LogP contribution >= 0.6 is 136 Å². The fraction of sp³-hybridized carbons (Fsp3) is 0. The Morgan fingerprint density at radius 1 is 0.364 bits per heavy atom. The maximum Gasteiger partial charge on any atom is 0.146 e. The summed E-state index contributed by atoms with van der Waals surface area (Å²) in [5.41, 5.74) is 1.18. The molecule has 4 nitrogen and oxygen atoms in total. The van der Waals surface area contributed by atoms with E-state index in [0.717, 1.165) is 0 Å². The van der Waals surface area contributed by atoms with Crippen molar-refractivity contribution in [3.8, 4) is 34.1 Å². The minimum atomic E-state index is -0.0155. The van der Waals surface area contributed by atoms with E-state index >= 15 is 0 Å². The summed E-state index contributed by atoms with van der Waals surface area (Å²) in [6.07, 6.45) is 0. The average molecular weight is 974 g/mol. The molecule has 0 unspecified atom stereocenters. The van der Waals surface area contributed by atoms with Gasteiger partial charge in [0, 0.05) is 11.1 Å². The van der Waals surface area contributed by atoms with Gasteiger partial charge in [0.2, 0.25) is 0 Å². The summed E-state index contributed by atoms with van der Waals surface area (Å²) < 4.78 is 2.97. The van der Waals surface area contributed by atoms with E-state index in [1.807, 2.05) is 136 Å². The fourth-order valence-corrected chi connectivity index (χ4v) is 9.13. The van der Waals surface area contributed by atoms with Crippen molar-refractivity contribution >= 4 is 136 Å². The average Bonchev–Trinajstić information content (AvgIpc) is 2.50.